The molecular weight excluding hydrogens is 342 g/mol. The molecular formula is C20H27N5O2. The first-order chi connectivity index (χ1) is 13.0. The van der Waals surface area contributed by atoms with E-state index in [1.165, 1.54) is 25.3 Å². The predicted octanol–water partition coefficient (Wildman–Crippen LogP) is 1.60. The van der Waals surface area contributed by atoms with E-state index in [2.05, 4.69) is 27.3 Å². The number of aromatic nitrogens is 1. The SMILES string of the molecule is CCNC(=O)CN(C)/N=C(\C=C/C=O)c1ccc(N(C)C23CC(C2)C3)nc1. The van der Waals surface area contributed by atoms with Crippen LogP contribution in [0.25, 0.3) is 0 Å². The molecule has 0 unspecified atom stereocenters. The van der Waals surface area contributed by atoms with E-state index in [1.54, 1.807) is 24.3 Å². The monoisotopic (exact) mass is 369 g/mol. The molecule has 7 nitrogen and oxygen atoms in total. The lowest BCUT2D eigenvalue weighted by Gasteiger charge is -2.66. The van der Waals surface area contributed by atoms with Crippen molar-refractivity contribution in [2.45, 2.75) is 31.7 Å². The third-order valence-electron chi connectivity index (χ3n) is 5.46. The third kappa shape index (κ3) is 4.02. The second kappa shape index (κ2) is 7.90. The molecule has 0 atom stereocenters. The molecule has 0 aliphatic heterocycles. The molecule has 144 valence electrons. The molecule has 1 heterocycles. The van der Waals surface area contributed by atoms with E-state index in [-0.39, 0.29) is 12.5 Å². The number of nitrogens with one attached hydrogen (secondary N) is 1. The zero-order chi connectivity index (χ0) is 19.4. The van der Waals surface area contributed by atoms with Gasteiger partial charge in [-0.1, -0.05) is 0 Å². The second-order valence-corrected chi connectivity index (χ2v) is 7.42. The normalized spacial score (nSPS) is 23.4. The largest absolute Gasteiger partial charge is 0.355 e. The van der Waals surface area contributed by atoms with Gasteiger partial charge in [0.1, 0.15) is 18.6 Å². The summed E-state index contributed by atoms with van der Waals surface area (Å²) in [5.41, 5.74) is 1.70. The van der Waals surface area contributed by atoms with Crippen LogP contribution in [-0.2, 0) is 9.59 Å². The van der Waals surface area contributed by atoms with Gasteiger partial charge in [0.05, 0.1) is 5.71 Å². The van der Waals surface area contributed by atoms with Gasteiger partial charge in [0.15, 0.2) is 0 Å². The lowest BCUT2D eigenvalue weighted by Crippen LogP contribution is -2.67. The first kappa shape index (κ1) is 19.1. The second-order valence-electron chi connectivity index (χ2n) is 7.42. The summed E-state index contributed by atoms with van der Waals surface area (Å²) in [7, 11) is 3.83. The van der Waals surface area contributed by atoms with Crippen molar-refractivity contribution < 1.29 is 9.59 Å². The fourth-order valence-corrected chi connectivity index (χ4v) is 3.82. The summed E-state index contributed by atoms with van der Waals surface area (Å²) < 4.78 is 0. The first-order valence-electron chi connectivity index (χ1n) is 9.36. The highest BCUT2D eigenvalue weighted by Gasteiger charge is 2.59. The Labute approximate surface area is 160 Å². The van der Waals surface area contributed by atoms with E-state index in [0.29, 0.717) is 24.1 Å². The maximum atomic E-state index is 11.7. The van der Waals surface area contributed by atoms with E-state index in [9.17, 15) is 9.59 Å². The summed E-state index contributed by atoms with van der Waals surface area (Å²) >= 11 is 0. The molecule has 0 aromatic carbocycles. The number of pyridine rings is 1. The van der Waals surface area contributed by atoms with Crippen LogP contribution < -0.4 is 10.2 Å². The molecule has 0 saturated heterocycles. The quantitative estimate of drug-likeness (QED) is 0.310. The van der Waals surface area contributed by atoms with Crippen LogP contribution in [0.2, 0.25) is 0 Å². The first-order valence-corrected chi connectivity index (χ1v) is 9.36. The smallest absolute Gasteiger partial charge is 0.241 e. The molecule has 1 N–H and O–H groups in total. The van der Waals surface area contributed by atoms with Crippen molar-refractivity contribution in [1.82, 2.24) is 15.3 Å². The summed E-state index contributed by atoms with van der Waals surface area (Å²) in [5.74, 6) is 1.77. The number of hydrogen-bond donors (Lipinski definition) is 1. The average Bonchev–Trinajstić information content (AvgIpc) is 2.56. The van der Waals surface area contributed by atoms with Crippen LogP contribution >= 0.6 is 0 Å². The van der Waals surface area contributed by atoms with Crippen molar-refractivity contribution >= 4 is 23.7 Å². The lowest BCUT2D eigenvalue weighted by atomic mass is 9.49. The van der Waals surface area contributed by atoms with E-state index in [0.717, 1.165) is 17.3 Å². The summed E-state index contributed by atoms with van der Waals surface area (Å²) in [6.07, 6.45) is 9.30. The number of anilines is 1. The van der Waals surface area contributed by atoms with Gasteiger partial charge in [0, 0.05) is 37.9 Å². The molecule has 0 spiro atoms. The van der Waals surface area contributed by atoms with Gasteiger partial charge in [-0.25, -0.2) is 4.98 Å². The number of nitrogens with zero attached hydrogens (tertiary/aromatic N) is 4. The number of hydrazone groups is 1. The van der Waals surface area contributed by atoms with Crippen LogP contribution in [0.4, 0.5) is 5.82 Å². The number of allylic oxidation sites excluding steroid dienone is 2. The van der Waals surface area contributed by atoms with Crippen molar-refractivity contribution in [1.29, 1.82) is 0 Å². The molecule has 3 aliphatic rings. The maximum absolute atomic E-state index is 11.7. The van der Waals surface area contributed by atoms with Gasteiger partial charge >= 0.3 is 0 Å². The number of carbonyl (C=O) groups excluding carboxylic acids is 2. The van der Waals surface area contributed by atoms with Gasteiger partial charge in [-0.2, -0.15) is 5.10 Å². The average molecular weight is 369 g/mol. The molecule has 1 amide bonds. The number of carbonyl (C=O) groups is 2. The van der Waals surface area contributed by atoms with E-state index in [4.69, 9.17) is 0 Å². The number of hydrogen-bond acceptors (Lipinski definition) is 6. The maximum Gasteiger partial charge on any atom is 0.241 e. The van der Waals surface area contributed by atoms with E-state index < -0.39 is 0 Å². The van der Waals surface area contributed by atoms with E-state index in [1.807, 2.05) is 19.1 Å². The van der Waals surface area contributed by atoms with Gasteiger partial charge in [-0.15, -0.1) is 0 Å². The van der Waals surface area contributed by atoms with E-state index >= 15 is 0 Å². The molecule has 1 aromatic heterocycles. The highest BCUT2D eigenvalue weighted by Crippen LogP contribution is 2.60. The molecule has 4 rings (SSSR count). The molecule has 3 saturated carbocycles. The van der Waals surface area contributed by atoms with Gasteiger partial charge in [-0.3, -0.25) is 14.6 Å². The van der Waals surface area contributed by atoms with Crippen LogP contribution in [0.15, 0.2) is 35.6 Å². The zero-order valence-electron chi connectivity index (χ0n) is 16.2. The molecule has 0 radical (unpaired) electrons. The Morgan fingerprint density at radius 1 is 1.37 bits per heavy atom. The van der Waals surface area contributed by atoms with Gasteiger partial charge < -0.3 is 10.2 Å². The van der Waals surface area contributed by atoms with Gasteiger partial charge in [0.25, 0.3) is 0 Å². The van der Waals surface area contributed by atoms with Crippen LogP contribution in [0.3, 0.4) is 0 Å². The molecule has 27 heavy (non-hydrogen) atoms. The van der Waals surface area contributed by atoms with Crippen LogP contribution in [-0.4, -0.2) is 60.6 Å². The summed E-state index contributed by atoms with van der Waals surface area (Å²) in [6.45, 7) is 2.59. The Morgan fingerprint density at radius 3 is 2.63 bits per heavy atom. The summed E-state index contributed by atoms with van der Waals surface area (Å²) in [6, 6.07) is 3.95. The number of aldehydes is 1. The molecule has 1 aromatic rings. The highest BCUT2D eigenvalue weighted by atomic mass is 16.2. The van der Waals surface area contributed by atoms with Gasteiger partial charge in [-0.05, 0) is 56.4 Å². The molecule has 2 bridgehead atoms. The van der Waals surface area contributed by atoms with Gasteiger partial charge in [0.2, 0.25) is 5.91 Å². The Hall–Kier alpha value is -2.70. The van der Waals surface area contributed by atoms with Crippen molar-refractivity contribution in [3.05, 3.63) is 36.0 Å². The minimum Gasteiger partial charge on any atom is -0.355 e. The topological polar surface area (TPSA) is 77.9 Å². The van der Waals surface area contributed by atoms with Crippen molar-refractivity contribution in [2.24, 2.45) is 11.0 Å². The third-order valence-corrected chi connectivity index (χ3v) is 5.46. The number of amides is 1. The van der Waals surface area contributed by atoms with Crippen molar-refractivity contribution in [3.63, 3.8) is 0 Å². The Kier molecular flexibility index (Phi) is 5.58. The Morgan fingerprint density at radius 2 is 2.11 bits per heavy atom. The minimum absolute atomic E-state index is 0.101. The molecule has 3 aliphatic carbocycles. The highest BCUT2D eigenvalue weighted by molar-refractivity contribution is 6.09. The molecule has 3 fully saturated rings. The fourth-order valence-electron chi connectivity index (χ4n) is 3.82. The zero-order valence-corrected chi connectivity index (χ0v) is 16.2. The fraction of sp³-hybridized carbons (Fsp3) is 0.500. The molecule has 7 heteroatoms. The Bertz CT molecular complexity index is 739. The summed E-state index contributed by atoms with van der Waals surface area (Å²) in [4.78, 5) is 29.4. The van der Waals surface area contributed by atoms with Crippen molar-refractivity contribution in [3.8, 4) is 0 Å². The summed E-state index contributed by atoms with van der Waals surface area (Å²) in [5, 5.41) is 8.75. The number of rotatable bonds is 9. The Balaban J connectivity index is 1.74. The predicted molar refractivity (Wildman–Crippen MR) is 106 cm³/mol. The standard InChI is InChI=1S/C20H27N5O2/c1-4-21-19(27)14-24(2)23-17(6-5-9-26)16-7-8-18(22-13-16)25(3)20-10-15(11-20)12-20/h5-9,13,15H,4,10-12,14H2,1-3H3,(H,21,27)/b6-5-,23-17+. The van der Waals surface area contributed by atoms with Crippen LogP contribution in [0.5, 0.6) is 0 Å². The van der Waals surface area contributed by atoms with Crippen molar-refractivity contribution in [2.75, 3.05) is 32.1 Å². The number of likely N-dealkylation sites (N-methyl/N-ethyl adjacent to an activating group) is 2. The minimum atomic E-state index is -0.101. The lowest BCUT2D eigenvalue weighted by molar-refractivity contribution is -0.121. The van der Waals surface area contributed by atoms with Crippen LogP contribution in [0.1, 0.15) is 31.7 Å². The van der Waals surface area contributed by atoms with Crippen LogP contribution in [0, 0.1) is 5.92 Å².